The molecule has 6 nitrogen and oxygen atoms in total. The largest absolute Gasteiger partial charge is 0.449 e. The third-order valence-electron chi connectivity index (χ3n) is 1.94. The molecule has 0 aliphatic heterocycles. The van der Waals surface area contributed by atoms with Crippen LogP contribution in [0.1, 0.15) is 6.92 Å². The van der Waals surface area contributed by atoms with E-state index in [1.54, 1.807) is 13.0 Å². The Kier molecular flexibility index (Phi) is 2.78. The Bertz CT molecular complexity index is 602. The number of fused-ring (bicyclic) bond motifs is 1. The third kappa shape index (κ3) is 1.73. The van der Waals surface area contributed by atoms with Gasteiger partial charge in [0.1, 0.15) is 0 Å². The van der Waals surface area contributed by atoms with Gasteiger partial charge >= 0.3 is 11.8 Å². The van der Waals surface area contributed by atoms with Crippen LogP contribution in [0.4, 0.5) is 4.79 Å². The fourth-order valence-electron chi connectivity index (χ4n) is 1.33. The second kappa shape index (κ2) is 4.09. The second-order valence-electron chi connectivity index (χ2n) is 2.99. The zero-order chi connectivity index (χ0) is 11.7. The average Bonchev–Trinajstić information content (AvgIpc) is 2.53. The number of nitrogens with zero attached hydrogens (tertiary/aromatic N) is 2. The van der Waals surface area contributed by atoms with E-state index < -0.39 is 11.8 Å². The summed E-state index contributed by atoms with van der Waals surface area (Å²) in [7, 11) is 0. The molecule has 0 radical (unpaired) electrons. The minimum Gasteiger partial charge on any atom is -0.449 e. The number of carbonyl (C=O) groups is 1. The predicted molar refractivity (Wildman–Crippen MR) is 60.5 cm³/mol. The SMILES string of the molecule is CCOC(=O)n1c(=O)[nH]c2cc(Br)cnc21. The van der Waals surface area contributed by atoms with Crippen molar-refractivity contribution in [1.29, 1.82) is 0 Å². The summed E-state index contributed by atoms with van der Waals surface area (Å²) in [5.41, 5.74) is 0.179. The van der Waals surface area contributed by atoms with Crippen LogP contribution in [-0.4, -0.2) is 27.2 Å². The summed E-state index contributed by atoms with van der Waals surface area (Å²) in [5, 5.41) is 0. The maximum Gasteiger partial charge on any atom is 0.424 e. The summed E-state index contributed by atoms with van der Waals surface area (Å²) in [6, 6.07) is 1.67. The molecule has 0 unspecified atom stereocenters. The first-order chi connectivity index (χ1) is 7.63. The van der Waals surface area contributed by atoms with Gasteiger partial charge in [-0.3, -0.25) is 0 Å². The summed E-state index contributed by atoms with van der Waals surface area (Å²) in [6.45, 7) is 1.87. The first kappa shape index (κ1) is 10.9. The standard InChI is InChI=1S/C9H8BrN3O3/c1-2-16-9(15)13-7-6(12-8(13)14)3-5(10)4-11-7/h3-4H,2H2,1H3,(H,12,14). The smallest absolute Gasteiger partial charge is 0.424 e. The molecule has 2 rings (SSSR count). The van der Waals surface area contributed by atoms with Gasteiger partial charge in [0.05, 0.1) is 12.1 Å². The van der Waals surface area contributed by atoms with Gasteiger partial charge in [-0.15, -0.1) is 0 Å². The van der Waals surface area contributed by atoms with Crippen molar-refractivity contribution in [3.8, 4) is 0 Å². The van der Waals surface area contributed by atoms with E-state index in [0.29, 0.717) is 5.52 Å². The molecule has 2 aromatic rings. The van der Waals surface area contributed by atoms with Crippen LogP contribution in [-0.2, 0) is 4.74 Å². The molecule has 0 bridgehead atoms. The number of pyridine rings is 1. The zero-order valence-electron chi connectivity index (χ0n) is 8.36. The number of ether oxygens (including phenoxy) is 1. The van der Waals surface area contributed by atoms with Crippen LogP contribution in [0.5, 0.6) is 0 Å². The molecule has 0 saturated heterocycles. The van der Waals surface area contributed by atoms with Crippen LogP contribution in [0.2, 0.25) is 0 Å². The number of H-pyrrole nitrogens is 1. The highest BCUT2D eigenvalue weighted by molar-refractivity contribution is 9.10. The molecular formula is C9H8BrN3O3. The average molecular weight is 286 g/mol. The van der Waals surface area contributed by atoms with Gasteiger partial charge in [0.25, 0.3) is 0 Å². The summed E-state index contributed by atoms with van der Waals surface area (Å²) < 4.78 is 6.34. The summed E-state index contributed by atoms with van der Waals surface area (Å²) in [5.74, 6) is 0. The molecule has 0 atom stereocenters. The number of carbonyl (C=O) groups excluding carboxylic acids is 1. The zero-order valence-corrected chi connectivity index (χ0v) is 9.94. The number of hydrogen-bond acceptors (Lipinski definition) is 4. The molecule has 7 heteroatoms. The Morgan fingerprint density at radius 2 is 2.44 bits per heavy atom. The number of halogens is 1. The molecule has 2 heterocycles. The van der Waals surface area contributed by atoms with Crippen molar-refractivity contribution in [1.82, 2.24) is 14.5 Å². The van der Waals surface area contributed by atoms with Gasteiger partial charge in [-0.25, -0.2) is 14.6 Å². The predicted octanol–water partition coefficient (Wildman–Crippen LogP) is 1.49. The lowest BCUT2D eigenvalue weighted by molar-refractivity contribution is 0.154. The number of aromatic nitrogens is 3. The highest BCUT2D eigenvalue weighted by atomic mass is 79.9. The van der Waals surface area contributed by atoms with E-state index in [1.165, 1.54) is 6.20 Å². The van der Waals surface area contributed by atoms with Crippen LogP contribution >= 0.6 is 15.9 Å². The number of imidazole rings is 1. The Balaban J connectivity index is 2.65. The van der Waals surface area contributed by atoms with Gasteiger partial charge in [-0.1, -0.05) is 0 Å². The van der Waals surface area contributed by atoms with E-state index in [4.69, 9.17) is 4.74 Å². The maximum absolute atomic E-state index is 11.5. The summed E-state index contributed by atoms with van der Waals surface area (Å²) >= 11 is 3.22. The van der Waals surface area contributed by atoms with E-state index in [9.17, 15) is 9.59 Å². The van der Waals surface area contributed by atoms with E-state index in [1.807, 2.05) is 0 Å². The second-order valence-corrected chi connectivity index (χ2v) is 3.90. The third-order valence-corrected chi connectivity index (χ3v) is 2.37. The van der Waals surface area contributed by atoms with Gasteiger partial charge in [0.15, 0.2) is 5.65 Å². The van der Waals surface area contributed by atoms with E-state index in [2.05, 4.69) is 25.9 Å². The lowest BCUT2D eigenvalue weighted by Gasteiger charge is -2.00. The van der Waals surface area contributed by atoms with Crippen LogP contribution in [0.15, 0.2) is 21.5 Å². The minimum atomic E-state index is -0.728. The lowest BCUT2D eigenvalue weighted by Crippen LogP contribution is -2.25. The van der Waals surface area contributed by atoms with Crippen LogP contribution in [0.25, 0.3) is 11.2 Å². The Labute approximate surface area is 98.4 Å². The number of aromatic amines is 1. The van der Waals surface area contributed by atoms with Crippen LogP contribution in [0.3, 0.4) is 0 Å². The molecular weight excluding hydrogens is 278 g/mol. The van der Waals surface area contributed by atoms with Crippen molar-refractivity contribution >= 4 is 33.2 Å². The molecule has 0 aromatic carbocycles. The van der Waals surface area contributed by atoms with Crippen molar-refractivity contribution in [3.63, 3.8) is 0 Å². The normalized spacial score (nSPS) is 10.6. The highest BCUT2D eigenvalue weighted by Gasteiger charge is 2.15. The van der Waals surface area contributed by atoms with Crippen molar-refractivity contribution in [3.05, 3.63) is 27.2 Å². The Morgan fingerprint density at radius 3 is 3.12 bits per heavy atom. The molecule has 1 N–H and O–H groups in total. The highest BCUT2D eigenvalue weighted by Crippen LogP contribution is 2.14. The van der Waals surface area contributed by atoms with Gasteiger partial charge in [0.2, 0.25) is 0 Å². The summed E-state index contributed by atoms with van der Waals surface area (Å²) in [4.78, 5) is 29.5. The molecule has 0 aliphatic rings. The monoisotopic (exact) mass is 285 g/mol. The molecule has 0 amide bonds. The van der Waals surface area contributed by atoms with Crippen molar-refractivity contribution in [2.45, 2.75) is 6.92 Å². The number of rotatable bonds is 1. The molecule has 84 valence electrons. The lowest BCUT2D eigenvalue weighted by atomic mass is 10.4. The summed E-state index contributed by atoms with van der Waals surface area (Å²) in [6.07, 6.45) is 0.777. The number of hydrogen-bond donors (Lipinski definition) is 1. The fourth-order valence-corrected chi connectivity index (χ4v) is 1.66. The minimum absolute atomic E-state index is 0.203. The van der Waals surface area contributed by atoms with Crippen LogP contribution in [0, 0.1) is 0 Å². The molecule has 0 aliphatic carbocycles. The quantitative estimate of drug-likeness (QED) is 0.861. The van der Waals surface area contributed by atoms with Crippen molar-refractivity contribution in [2.75, 3.05) is 6.61 Å². The van der Waals surface area contributed by atoms with Crippen molar-refractivity contribution < 1.29 is 9.53 Å². The molecule has 0 fully saturated rings. The van der Waals surface area contributed by atoms with E-state index in [-0.39, 0.29) is 12.3 Å². The first-order valence-corrected chi connectivity index (χ1v) is 5.36. The van der Waals surface area contributed by atoms with E-state index >= 15 is 0 Å². The molecule has 0 saturated carbocycles. The molecule has 16 heavy (non-hydrogen) atoms. The first-order valence-electron chi connectivity index (χ1n) is 4.57. The van der Waals surface area contributed by atoms with Gasteiger partial charge in [-0.2, -0.15) is 4.57 Å². The molecule has 0 spiro atoms. The Morgan fingerprint density at radius 1 is 1.69 bits per heavy atom. The van der Waals surface area contributed by atoms with Crippen molar-refractivity contribution in [2.24, 2.45) is 0 Å². The Hall–Kier alpha value is -1.63. The maximum atomic E-state index is 11.5. The van der Waals surface area contributed by atoms with Gasteiger partial charge in [0, 0.05) is 10.7 Å². The topological polar surface area (TPSA) is 77.0 Å². The fraction of sp³-hybridized carbons (Fsp3) is 0.222. The van der Waals surface area contributed by atoms with Gasteiger partial charge < -0.3 is 9.72 Å². The van der Waals surface area contributed by atoms with E-state index in [0.717, 1.165) is 9.04 Å². The van der Waals surface area contributed by atoms with Gasteiger partial charge in [-0.05, 0) is 28.9 Å². The molecule has 2 aromatic heterocycles. The number of nitrogens with one attached hydrogen (secondary N) is 1. The van der Waals surface area contributed by atoms with Crippen LogP contribution < -0.4 is 5.69 Å².